The van der Waals surface area contributed by atoms with Gasteiger partial charge in [-0.3, -0.25) is 0 Å². The van der Waals surface area contributed by atoms with Crippen LogP contribution in [0.4, 0.5) is 0 Å². The first-order chi connectivity index (χ1) is 6.49. The Kier molecular flexibility index (Phi) is 3.35. The number of carboxylic acid groups (broad SMARTS) is 1. The molecule has 2 heteroatoms. The summed E-state index contributed by atoms with van der Waals surface area (Å²) in [5, 5.41) is 8.82. The second-order valence-corrected chi connectivity index (χ2v) is 4.66. The Morgan fingerprint density at radius 3 is 2.79 bits per heavy atom. The zero-order valence-corrected chi connectivity index (χ0v) is 9.34. The molecule has 1 rings (SSSR count). The van der Waals surface area contributed by atoms with E-state index in [1.165, 1.54) is 12.8 Å². The highest BCUT2D eigenvalue weighted by Gasteiger charge is 2.35. The van der Waals surface area contributed by atoms with Crippen molar-refractivity contribution in [1.29, 1.82) is 0 Å². The molecule has 1 fully saturated rings. The summed E-state index contributed by atoms with van der Waals surface area (Å²) in [6.07, 6.45) is 6.71. The van der Waals surface area contributed by atoms with Crippen molar-refractivity contribution in [2.75, 3.05) is 0 Å². The maximum absolute atomic E-state index is 10.7. The molecule has 1 aliphatic rings. The van der Waals surface area contributed by atoms with E-state index in [0.29, 0.717) is 16.9 Å². The third-order valence-corrected chi connectivity index (χ3v) is 3.75. The third-order valence-electron chi connectivity index (χ3n) is 3.75. The fraction of sp³-hybridized carbons (Fsp3) is 0.750. The maximum atomic E-state index is 10.7. The number of hydrogen-bond donors (Lipinski definition) is 1. The van der Waals surface area contributed by atoms with Crippen molar-refractivity contribution in [1.82, 2.24) is 0 Å². The predicted octanol–water partition coefficient (Wildman–Crippen LogP) is 3.23. The fourth-order valence-electron chi connectivity index (χ4n) is 2.36. The molecule has 2 unspecified atom stereocenters. The summed E-state index contributed by atoms with van der Waals surface area (Å²) in [4.78, 5) is 10.7. The van der Waals surface area contributed by atoms with E-state index in [0.717, 1.165) is 12.8 Å². The summed E-state index contributed by atoms with van der Waals surface area (Å²) in [7, 11) is 0. The minimum absolute atomic E-state index is 0.330. The third kappa shape index (κ3) is 2.17. The van der Waals surface area contributed by atoms with E-state index < -0.39 is 5.97 Å². The molecule has 0 bridgehead atoms. The molecule has 0 heterocycles. The first-order valence-corrected chi connectivity index (χ1v) is 5.41. The lowest BCUT2D eigenvalue weighted by Gasteiger charge is -2.28. The first-order valence-electron chi connectivity index (χ1n) is 5.41. The van der Waals surface area contributed by atoms with Crippen LogP contribution in [0.25, 0.3) is 0 Å². The summed E-state index contributed by atoms with van der Waals surface area (Å²) in [5.41, 5.74) is 0.827. The van der Waals surface area contributed by atoms with E-state index in [1.54, 1.807) is 6.92 Å². The summed E-state index contributed by atoms with van der Waals surface area (Å²) < 4.78 is 0. The van der Waals surface area contributed by atoms with Gasteiger partial charge < -0.3 is 5.11 Å². The summed E-state index contributed by atoms with van der Waals surface area (Å²) >= 11 is 0. The van der Waals surface area contributed by atoms with Crippen LogP contribution in [-0.2, 0) is 4.79 Å². The lowest BCUT2D eigenvalue weighted by molar-refractivity contribution is -0.132. The van der Waals surface area contributed by atoms with Crippen LogP contribution in [0.15, 0.2) is 11.6 Å². The molecule has 1 aliphatic carbocycles. The van der Waals surface area contributed by atoms with Gasteiger partial charge in [-0.15, -0.1) is 0 Å². The van der Waals surface area contributed by atoms with Gasteiger partial charge in [-0.25, -0.2) is 4.79 Å². The van der Waals surface area contributed by atoms with Crippen LogP contribution in [0, 0.1) is 11.3 Å². The molecule has 0 spiro atoms. The predicted molar refractivity (Wildman–Crippen MR) is 57.1 cm³/mol. The fourth-order valence-corrected chi connectivity index (χ4v) is 2.36. The smallest absolute Gasteiger partial charge is 0.330 e. The first kappa shape index (κ1) is 11.3. The number of carboxylic acids is 1. The molecule has 2 atom stereocenters. The largest absolute Gasteiger partial charge is 0.478 e. The Morgan fingerprint density at radius 1 is 1.64 bits per heavy atom. The van der Waals surface area contributed by atoms with Crippen LogP contribution < -0.4 is 0 Å². The molecular formula is C12H20O2. The zero-order chi connectivity index (χ0) is 10.8. The second kappa shape index (κ2) is 4.16. The number of rotatable bonds is 3. The van der Waals surface area contributed by atoms with Gasteiger partial charge in [-0.2, -0.15) is 0 Å². The maximum Gasteiger partial charge on any atom is 0.330 e. The van der Waals surface area contributed by atoms with Crippen LogP contribution in [0.3, 0.4) is 0 Å². The molecule has 0 saturated heterocycles. The monoisotopic (exact) mass is 196 g/mol. The molecular weight excluding hydrogens is 176 g/mol. The Labute approximate surface area is 86.0 Å². The average molecular weight is 196 g/mol. The second-order valence-electron chi connectivity index (χ2n) is 4.66. The standard InChI is InChI=1S/C12H20O2/c1-4-12(3)7-5-6-10(12)8-9(2)11(13)14/h8,10H,4-7H2,1-3H3,(H,13,14). The van der Waals surface area contributed by atoms with Crippen LogP contribution in [-0.4, -0.2) is 11.1 Å². The van der Waals surface area contributed by atoms with Gasteiger partial charge in [0.1, 0.15) is 0 Å². The zero-order valence-electron chi connectivity index (χ0n) is 9.34. The van der Waals surface area contributed by atoms with Crippen molar-refractivity contribution in [2.45, 2.75) is 46.5 Å². The molecule has 0 aromatic carbocycles. The molecule has 0 radical (unpaired) electrons. The lowest BCUT2D eigenvalue weighted by atomic mass is 9.77. The van der Waals surface area contributed by atoms with Crippen LogP contribution in [0.1, 0.15) is 46.5 Å². The molecule has 0 amide bonds. The summed E-state index contributed by atoms with van der Waals surface area (Å²) in [6.45, 7) is 6.16. The number of carbonyl (C=O) groups is 1. The highest BCUT2D eigenvalue weighted by molar-refractivity contribution is 5.85. The van der Waals surface area contributed by atoms with E-state index in [-0.39, 0.29) is 0 Å². The van der Waals surface area contributed by atoms with Gasteiger partial charge in [-0.05, 0) is 31.1 Å². The molecule has 14 heavy (non-hydrogen) atoms. The van der Waals surface area contributed by atoms with Crippen LogP contribution in [0.2, 0.25) is 0 Å². The highest BCUT2D eigenvalue weighted by Crippen LogP contribution is 2.46. The minimum Gasteiger partial charge on any atom is -0.478 e. The van der Waals surface area contributed by atoms with Crippen LogP contribution in [0.5, 0.6) is 0 Å². The van der Waals surface area contributed by atoms with Gasteiger partial charge in [-0.1, -0.05) is 32.8 Å². The molecule has 0 aromatic rings. The van der Waals surface area contributed by atoms with Crippen molar-refractivity contribution in [3.63, 3.8) is 0 Å². The van der Waals surface area contributed by atoms with E-state index in [2.05, 4.69) is 13.8 Å². The molecule has 80 valence electrons. The Balaban J connectivity index is 2.78. The van der Waals surface area contributed by atoms with Crippen molar-refractivity contribution < 1.29 is 9.90 Å². The van der Waals surface area contributed by atoms with Crippen molar-refractivity contribution in [3.05, 3.63) is 11.6 Å². The van der Waals surface area contributed by atoms with E-state index in [4.69, 9.17) is 5.11 Å². The van der Waals surface area contributed by atoms with E-state index in [9.17, 15) is 4.79 Å². The van der Waals surface area contributed by atoms with Gasteiger partial charge in [0.2, 0.25) is 0 Å². The van der Waals surface area contributed by atoms with Crippen molar-refractivity contribution >= 4 is 5.97 Å². The molecule has 2 nitrogen and oxygen atoms in total. The highest BCUT2D eigenvalue weighted by atomic mass is 16.4. The summed E-state index contributed by atoms with van der Waals surface area (Å²) in [6, 6.07) is 0. The van der Waals surface area contributed by atoms with Crippen molar-refractivity contribution in [2.24, 2.45) is 11.3 Å². The Hall–Kier alpha value is -0.790. The van der Waals surface area contributed by atoms with Gasteiger partial charge in [0.15, 0.2) is 0 Å². The van der Waals surface area contributed by atoms with Crippen molar-refractivity contribution in [3.8, 4) is 0 Å². The summed E-state index contributed by atoms with van der Waals surface area (Å²) in [5.74, 6) is -0.320. The van der Waals surface area contributed by atoms with Gasteiger partial charge in [0.25, 0.3) is 0 Å². The van der Waals surface area contributed by atoms with Gasteiger partial charge >= 0.3 is 5.97 Å². The molecule has 1 saturated carbocycles. The average Bonchev–Trinajstić information content (AvgIpc) is 2.49. The number of aliphatic carboxylic acids is 1. The molecule has 0 aliphatic heterocycles. The normalized spacial score (nSPS) is 33.4. The Morgan fingerprint density at radius 2 is 2.29 bits per heavy atom. The number of allylic oxidation sites excluding steroid dienone is 1. The molecule has 1 N–H and O–H groups in total. The van der Waals surface area contributed by atoms with Gasteiger partial charge in [0, 0.05) is 5.57 Å². The Bertz CT molecular complexity index is 255. The SMILES string of the molecule is CCC1(C)CCCC1C=C(C)C(=O)O. The van der Waals surface area contributed by atoms with Crippen LogP contribution >= 0.6 is 0 Å². The van der Waals surface area contributed by atoms with Gasteiger partial charge in [0.05, 0.1) is 0 Å². The quantitative estimate of drug-likeness (QED) is 0.703. The van der Waals surface area contributed by atoms with E-state index in [1.807, 2.05) is 6.08 Å². The molecule has 0 aromatic heterocycles. The topological polar surface area (TPSA) is 37.3 Å². The van der Waals surface area contributed by atoms with E-state index >= 15 is 0 Å². The minimum atomic E-state index is -0.782. The number of hydrogen-bond acceptors (Lipinski definition) is 1. The lowest BCUT2D eigenvalue weighted by Crippen LogP contribution is -2.19.